The van der Waals surface area contributed by atoms with Crippen molar-refractivity contribution in [3.05, 3.63) is 51.1 Å². The van der Waals surface area contributed by atoms with Crippen LogP contribution >= 0.6 is 22.6 Å². The fourth-order valence-electron chi connectivity index (χ4n) is 2.42. The van der Waals surface area contributed by atoms with Crippen molar-refractivity contribution in [3.8, 4) is 35.7 Å². The van der Waals surface area contributed by atoms with Crippen LogP contribution in [-0.2, 0) is 4.79 Å². The van der Waals surface area contributed by atoms with Gasteiger partial charge in [-0.15, -0.1) is 6.42 Å². The molecule has 0 unspecified atom stereocenters. The standard InChI is InChI=1S/C22H19IN2O4/c1-4-9-29-21-19(23)11-15(12-20(21)27-3)10-16(14-24)22(26)25-17-7-6-8-18(13-17)28-5-2/h1,6-8,10-13H,5,9H2,2-3H3,(H,25,26)/b16-10-. The second-order valence-corrected chi connectivity index (χ2v) is 6.77. The molecule has 0 aromatic heterocycles. The lowest BCUT2D eigenvalue weighted by molar-refractivity contribution is -0.112. The minimum absolute atomic E-state index is 0.0537. The van der Waals surface area contributed by atoms with E-state index in [0.29, 0.717) is 35.1 Å². The minimum Gasteiger partial charge on any atom is -0.494 e. The maximum atomic E-state index is 12.5. The molecule has 0 aliphatic rings. The Morgan fingerprint density at radius 3 is 2.76 bits per heavy atom. The molecule has 0 bridgehead atoms. The normalized spacial score (nSPS) is 10.4. The Hall–Kier alpha value is -3.17. The van der Waals surface area contributed by atoms with Crippen molar-refractivity contribution in [2.75, 3.05) is 25.6 Å². The average molecular weight is 502 g/mol. The van der Waals surface area contributed by atoms with Crippen LogP contribution in [0.25, 0.3) is 6.08 Å². The molecule has 0 saturated heterocycles. The van der Waals surface area contributed by atoms with Gasteiger partial charge in [0.2, 0.25) is 0 Å². The van der Waals surface area contributed by atoms with Gasteiger partial charge in [0.15, 0.2) is 11.5 Å². The first-order valence-corrected chi connectivity index (χ1v) is 9.70. The van der Waals surface area contributed by atoms with Crippen LogP contribution in [-0.4, -0.2) is 26.2 Å². The molecule has 29 heavy (non-hydrogen) atoms. The molecule has 0 aliphatic carbocycles. The van der Waals surface area contributed by atoms with Crippen LogP contribution in [0.1, 0.15) is 12.5 Å². The summed E-state index contributed by atoms with van der Waals surface area (Å²) in [6, 6.07) is 12.3. The van der Waals surface area contributed by atoms with Crippen LogP contribution in [0.4, 0.5) is 5.69 Å². The number of carbonyl (C=O) groups excluding carboxylic acids is 1. The second-order valence-electron chi connectivity index (χ2n) is 5.61. The van der Waals surface area contributed by atoms with Crippen molar-refractivity contribution in [2.45, 2.75) is 6.92 Å². The van der Waals surface area contributed by atoms with E-state index in [9.17, 15) is 10.1 Å². The third kappa shape index (κ3) is 6.16. The lowest BCUT2D eigenvalue weighted by Crippen LogP contribution is -2.13. The number of nitriles is 1. The zero-order chi connectivity index (χ0) is 21.2. The lowest BCUT2D eigenvalue weighted by Gasteiger charge is -2.12. The highest BCUT2D eigenvalue weighted by Crippen LogP contribution is 2.34. The van der Waals surface area contributed by atoms with Gasteiger partial charge in [-0.3, -0.25) is 4.79 Å². The first kappa shape index (κ1) is 22.1. The van der Waals surface area contributed by atoms with Crippen LogP contribution < -0.4 is 19.5 Å². The van der Waals surface area contributed by atoms with E-state index in [1.165, 1.54) is 13.2 Å². The number of halogens is 1. The fraction of sp³-hybridized carbons (Fsp3) is 0.182. The molecule has 6 nitrogen and oxygen atoms in total. The first-order chi connectivity index (χ1) is 14.0. The molecule has 0 heterocycles. The number of terminal acetylenes is 1. The highest BCUT2D eigenvalue weighted by atomic mass is 127. The maximum absolute atomic E-state index is 12.5. The fourth-order valence-corrected chi connectivity index (χ4v) is 3.20. The molecular formula is C22H19IN2O4. The molecule has 7 heteroatoms. The molecule has 0 fully saturated rings. The van der Waals surface area contributed by atoms with E-state index < -0.39 is 5.91 Å². The summed E-state index contributed by atoms with van der Waals surface area (Å²) >= 11 is 2.08. The first-order valence-electron chi connectivity index (χ1n) is 8.62. The molecule has 0 saturated carbocycles. The Bertz CT molecular complexity index is 1000. The van der Waals surface area contributed by atoms with Gasteiger partial charge < -0.3 is 19.5 Å². The topological polar surface area (TPSA) is 80.6 Å². The summed E-state index contributed by atoms with van der Waals surface area (Å²) in [7, 11) is 1.50. The van der Waals surface area contributed by atoms with E-state index in [0.717, 1.165) is 3.57 Å². The summed E-state index contributed by atoms with van der Waals surface area (Å²) in [5.74, 6) is 3.48. The van der Waals surface area contributed by atoms with Crippen LogP contribution in [0.2, 0.25) is 0 Å². The Labute approximate surface area is 183 Å². The van der Waals surface area contributed by atoms with E-state index in [-0.39, 0.29) is 12.2 Å². The van der Waals surface area contributed by atoms with E-state index in [2.05, 4.69) is 33.8 Å². The number of nitrogens with one attached hydrogen (secondary N) is 1. The van der Waals surface area contributed by atoms with Gasteiger partial charge >= 0.3 is 0 Å². The zero-order valence-electron chi connectivity index (χ0n) is 16.0. The number of amides is 1. The highest BCUT2D eigenvalue weighted by Gasteiger charge is 2.14. The van der Waals surface area contributed by atoms with Gasteiger partial charge in [0.1, 0.15) is 24.0 Å². The van der Waals surface area contributed by atoms with Gasteiger partial charge in [0.05, 0.1) is 17.3 Å². The predicted octanol–water partition coefficient (Wildman–Crippen LogP) is 4.26. The Balaban J connectivity index is 2.28. The van der Waals surface area contributed by atoms with Crippen molar-refractivity contribution in [2.24, 2.45) is 0 Å². The van der Waals surface area contributed by atoms with E-state index >= 15 is 0 Å². The molecule has 0 spiro atoms. The third-order valence-electron chi connectivity index (χ3n) is 3.63. The van der Waals surface area contributed by atoms with Gasteiger partial charge in [0.25, 0.3) is 5.91 Å². The van der Waals surface area contributed by atoms with E-state index in [1.54, 1.807) is 36.4 Å². The van der Waals surface area contributed by atoms with Gasteiger partial charge in [-0.2, -0.15) is 5.26 Å². The number of benzene rings is 2. The summed E-state index contributed by atoms with van der Waals surface area (Å²) in [6.45, 7) is 2.50. The summed E-state index contributed by atoms with van der Waals surface area (Å²) in [5, 5.41) is 12.2. The molecule has 1 amide bonds. The van der Waals surface area contributed by atoms with Crippen LogP contribution in [0.15, 0.2) is 42.0 Å². The van der Waals surface area contributed by atoms with Crippen molar-refractivity contribution in [3.63, 3.8) is 0 Å². The molecule has 0 atom stereocenters. The van der Waals surface area contributed by atoms with Gasteiger partial charge in [-0.1, -0.05) is 12.0 Å². The third-order valence-corrected chi connectivity index (χ3v) is 4.43. The van der Waals surface area contributed by atoms with Gasteiger partial charge in [-0.05, 0) is 65.4 Å². The highest BCUT2D eigenvalue weighted by molar-refractivity contribution is 14.1. The number of hydrogen-bond acceptors (Lipinski definition) is 5. The molecule has 0 radical (unpaired) electrons. The monoisotopic (exact) mass is 502 g/mol. The van der Waals surface area contributed by atoms with Crippen molar-refractivity contribution in [1.82, 2.24) is 0 Å². The average Bonchev–Trinajstić information content (AvgIpc) is 2.71. The van der Waals surface area contributed by atoms with E-state index in [1.807, 2.05) is 13.0 Å². The number of nitrogens with zero attached hydrogens (tertiary/aromatic N) is 1. The van der Waals surface area contributed by atoms with Crippen molar-refractivity contribution >= 4 is 40.3 Å². The van der Waals surface area contributed by atoms with Crippen molar-refractivity contribution in [1.29, 1.82) is 5.26 Å². The Morgan fingerprint density at radius 2 is 2.10 bits per heavy atom. The quantitative estimate of drug-likeness (QED) is 0.253. The van der Waals surface area contributed by atoms with Gasteiger partial charge in [-0.25, -0.2) is 0 Å². The van der Waals surface area contributed by atoms with Crippen LogP contribution in [0, 0.1) is 27.2 Å². The maximum Gasteiger partial charge on any atom is 0.266 e. The molecule has 0 aliphatic heterocycles. The number of carbonyl (C=O) groups is 1. The molecule has 148 valence electrons. The molecule has 2 aromatic rings. The summed E-state index contributed by atoms with van der Waals surface area (Å²) in [6.07, 6.45) is 6.72. The second kappa shape index (κ2) is 11.0. The van der Waals surface area contributed by atoms with Crippen molar-refractivity contribution < 1.29 is 19.0 Å². The van der Waals surface area contributed by atoms with Crippen LogP contribution in [0.3, 0.4) is 0 Å². The number of rotatable bonds is 8. The van der Waals surface area contributed by atoms with E-state index in [4.69, 9.17) is 20.6 Å². The number of methoxy groups -OCH3 is 1. The van der Waals surface area contributed by atoms with Gasteiger partial charge in [0, 0.05) is 11.8 Å². The number of anilines is 1. The summed E-state index contributed by atoms with van der Waals surface area (Å²) in [4.78, 5) is 12.5. The smallest absolute Gasteiger partial charge is 0.266 e. The summed E-state index contributed by atoms with van der Waals surface area (Å²) in [5.41, 5.74) is 1.10. The number of ether oxygens (including phenoxy) is 3. The Kier molecular flexibility index (Phi) is 8.38. The lowest BCUT2D eigenvalue weighted by atomic mass is 10.1. The van der Waals surface area contributed by atoms with Crippen LogP contribution in [0.5, 0.6) is 17.2 Å². The zero-order valence-corrected chi connectivity index (χ0v) is 18.1. The minimum atomic E-state index is -0.525. The Morgan fingerprint density at radius 1 is 1.31 bits per heavy atom. The molecule has 2 rings (SSSR count). The predicted molar refractivity (Wildman–Crippen MR) is 120 cm³/mol. The largest absolute Gasteiger partial charge is 0.494 e. The number of hydrogen-bond donors (Lipinski definition) is 1. The molecule has 2 aromatic carbocycles. The summed E-state index contributed by atoms with van der Waals surface area (Å²) < 4.78 is 17.0. The molecular weight excluding hydrogens is 483 g/mol. The molecule has 1 N–H and O–H groups in total. The SMILES string of the molecule is C#CCOc1c(I)cc(/C=C(/C#N)C(=O)Nc2cccc(OCC)c2)cc1OC.